The van der Waals surface area contributed by atoms with Crippen molar-refractivity contribution in [3.63, 3.8) is 0 Å². The number of carbonyl (C=O) groups is 1. The molecule has 24 heavy (non-hydrogen) atoms. The van der Waals surface area contributed by atoms with Crippen LogP contribution in [0.5, 0.6) is 0 Å². The normalized spacial score (nSPS) is 20.4. The molecule has 2 aromatic rings. The van der Waals surface area contributed by atoms with Crippen molar-refractivity contribution in [1.29, 1.82) is 0 Å². The highest BCUT2D eigenvalue weighted by Crippen LogP contribution is 2.22. The predicted octanol–water partition coefficient (Wildman–Crippen LogP) is 2.76. The van der Waals surface area contributed by atoms with E-state index in [0.29, 0.717) is 12.0 Å². The van der Waals surface area contributed by atoms with Gasteiger partial charge in [0.1, 0.15) is 5.82 Å². The van der Waals surface area contributed by atoms with Crippen LogP contribution < -0.4 is 15.5 Å². The Morgan fingerprint density at radius 3 is 2.62 bits per heavy atom. The summed E-state index contributed by atoms with van der Waals surface area (Å²) in [6.07, 6.45) is 5.73. The minimum atomic E-state index is 0.0448. The van der Waals surface area contributed by atoms with Crippen molar-refractivity contribution < 1.29 is 4.79 Å². The van der Waals surface area contributed by atoms with E-state index in [2.05, 4.69) is 20.6 Å². The third-order valence-electron chi connectivity index (χ3n) is 4.24. The number of nitrogens with one attached hydrogen (secondary N) is 2. The Labute approximate surface area is 146 Å². The third-order valence-corrected chi connectivity index (χ3v) is 5.11. The van der Waals surface area contributed by atoms with Gasteiger partial charge in [-0.05, 0) is 43.2 Å². The standard InChI is InChI=1S/C17H23N5OS/c1-22(2)15-9-10-18-17(21-15)20-13-7-5-12(6-8-13)19-16(23)14-4-3-11-24-14/h3-4,9-13H,5-8H2,1-2H3,(H,19,23)(H,18,20,21)/t12-,13+. The molecule has 0 spiro atoms. The second-order valence-electron chi connectivity index (χ2n) is 6.28. The van der Waals surface area contributed by atoms with E-state index in [9.17, 15) is 4.79 Å². The summed E-state index contributed by atoms with van der Waals surface area (Å²) in [5.41, 5.74) is 0. The van der Waals surface area contributed by atoms with Crippen molar-refractivity contribution in [2.45, 2.75) is 37.8 Å². The first-order valence-electron chi connectivity index (χ1n) is 8.23. The minimum Gasteiger partial charge on any atom is -0.363 e. The predicted molar refractivity (Wildman–Crippen MR) is 97.8 cm³/mol. The summed E-state index contributed by atoms with van der Waals surface area (Å²) in [7, 11) is 3.93. The lowest BCUT2D eigenvalue weighted by Gasteiger charge is -2.29. The van der Waals surface area contributed by atoms with E-state index >= 15 is 0 Å². The van der Waals surface area contributed by atoms with E-state index in [0.717, 1.165) is 36.4 Å². The molecule has 2 aromatic heterocycles. The smallest absolute Gasteiger partial charge is 0.261 e. The van der Waals surface area contributed by atoms with Crippen LogP contribution in [0.1, 0.15) is 35.4 Å². The highest BCUT2D eigenvalue weighted by Gasteiger charge is 2.23. The number of carbonyl (C=O) groups excluding carboxylic acids is 1. The summed E-state index contributed by atoms with van der Waals surface area (Å²) < 4.78 is 0. The van der Waals surface area contributed by atoms with E-state index < -0.39 is 0 Å². The van der Waals surface area contributed by atoms with Gasteiger partial charge in [-0.15, -0.1) is 11.3 Å². The number of aromatic nitrogens is 2. The summed E-state index contributed by atoms with van der Waals surface area (Å²) in [6, 6.07) is 6.27. The van der Waals surface area contributed by atoms with Crippen LogP contribution in [0.4, 0.5) is 11.8 Å². The van der Waals surface area contributed by atoms with Gasteiger partial charge in [0.15, 0.2) is 0 Å². The van der Waals surface area contributed by atoms with Gasteiger partial charge in [-0.3, -0.25) is 4.79 Å². The van der Waals surface area contributed by atoms with E-state index in [-0.39, 0.29) is 11.9 Å². The summed E-state index contributed by atoms with van der Waals surface area (Å²) in [5.74, 6) is 1.61. The van der Waals surface area contributed by atoms with Crippen molar-refractivity contribution in [3.8, 4) is 0 Å². The Morgan fingerprint density at radius 2 is 1.96 bits per heavy atom. The average Bonchev–Trinajstić information content (AvgIpc) is 3.11. The Morgan fingerprint density at radius 1 is 1.21 bits per heavy atom. The first-order chi connectivity index (χ1) is 11.6. The van der Waals surface area contributed by atoms with Crippen LogP contribution in [0.3, 0.4) is 0 Å². The molecule has 2 N–H and O–H groups in total. The van der Waals surface area contributed by atoms with Crippen LogP contribution in [-0.4, -0.2) is 42.1 Å². The third kappa shape index (κ3) is 4.23. The fourth-order valence-corrected chi connectivity index (χ4v) is 3.52. The molecule has 1 aliphatic carbocycles. The zero-order valence-electron chi connectivity index (χ0n) is 14.0. The van der Waals surface area contributed by atoms with Gasteiger partial charge < -0.3 is 15.5 Å². The molecule has 0 atom stereocenters. The fourth-order valence-electron chi connectivity index (χ4n) is 2.90. The molecular weight excluding hydrogens is 322 g/mol. The molecule has 1 amide bonds. The summed E-state index contributed by atoms with van der Waals surface area (Å²) in [4.78, 5) is 23.7. The molecule has 0 bridgehead atoms. The highest BCUT2D eigenvalue weighted by atomic mass is 32.1. The van der Waals surface area contributed by atoms with Crippen molar-refractivity contribution in [2.75, 3.05) is 24.3 Å². The highest BCUT2D eigenvalue weighted by molar-refractivity contribution is 7.12. The molecule has 2 heterocycles. The van der Waals surface area contributed by atoms with Crippen LogP contribution in [-0.2, 0) is 0 Å². The van der Waals surface area contributed by atoms with Gasteiger partial charge >= 0.3 is 0 Å². The number of amides is 1. The lowest BCUT2D eigenvalue weighted by Crippen LogP contribution is -2.40. The molecule has 6 nitrogen and oxygen atoms in total. The Kier molecular flexibility index (Phi) is 5.30. The number of rotatable bonds is 5. The maximum absolute atomic E-state index is 12.1. The Bertz CT molecular complexity index is 665. The topological polar surface area (TPSA) is 70.2 Å². The van der Waals surface area contributed by atoms with E-state index in [1.54, 1.807) is 6.20 Å². The fraction of sp³-hybridized carbons (Fsp3) is 0.471. The molecule has 0 aromatic carbocycles. The molecular formula is C17H23N5OS. The molecule has 1 fully saturated rings. The van der Waals surface area contributed by atoms with Gasteiger partial charge in [0.2, 0.25) is 5.95 Å². The number of thiophene rings is 1. The maximum atomic E-state index is 12.1. The van der Waals surface area contributed by atoms with Crippen molar-refractivity contribution in [3.05, 3.63) is 34.7 Å². The monoisotopic (exact) mass is 345 g/mol. The first kappa shape index (κ1) is 16.7. The summed E-state index contributed by atoms with van der Waals surface area (Å²) in [6.45, 7) is 0. The van der Waals surface area contributed by atoms with Gasteiger partial charge in [-0.2, -0.15) is 4.98 Å². The minimum absolute atomic E-state index is 0.0448. The van der Waals surface area contributed by atoms with Crippen LogP contribution in [0.15, 0.2) is 29.8 Å². The SMILES string of the molecule is CN(C)c1ccnc(N[C@H]2CC[C@@H](NC(=O)c3cccs3)CC2)n1. The quantitative estimate of drug-likeness (QED) is 0.872. The van der Waals surface area contributed by atoms with Crippen LogP contribution >= 0.6 is 11.3 Å². The van der Waals surface area contributed by atoms with E-state index in [1.165, 1.54) is 11.3 Å². The maximum Gasteiger partial charge on any atom is 0.261 e. The van der Waals surface area contributed by atoms with Gasteiger partial charge in [0.25, 0.3) is 5.91 Å². The summed E-state index contributed by atoms with van der Waals surface area (Å²) >= 11 is 1.48. The van der Waals surface area contributed by atoms with Crippen molar-refractivity contribution >= 4 is 29.0 Å². The number of hydrogen-bond acceptors (Lipinski definition) is 6. The number of nitrogens with zero attached hydrogens (tertiary/aromatic N) is 3. The van der Waals surface area contributed by atoms with Crippen molar-refractivity contribution in [1.82, 2.24) is 15.3 Å². The molecule has 0 unspecified atom stereocenters. The number of anilines is 2. The molecule has 7 heteroatoms. The largest absolute Gasteiger partial charge is 0.363 e. The molecule has 128 valence electrons. The number of hydrogen-bond donors (Lipinski definition) is 2. The Balaban J connectivity index is 1.48. The zero-order chi connectivity index (χ0) is 16.9. The van der Waals surface area contributed by atoms with Crippen molar-refractivity contribution in [2.24, 2.45) is 0 Å². The second-order valence-corrected chi connectivity index (χ2v) is 7.22. The van der Waals surface area contributed by atoms with Gasteiger partial charge in [0, 0.05) is 32.4 Å². The molecule has 1 aliphatic rings. The van der Waals surface area contributed by atoms with E-state index in [4.69, 9.17) is 0 Å². The zero-order valence-corrected chi connectivity index (χ0v) is 14.8. The Hall–Kier alpha value is -2.15. The van der Waals surface area contributed by atoms with Gasteiger partial charge in [0.05, 0.1) is 4.88 Å². The van der Waals surface area contributed by atoms with Gasteiger partial charge in [-0.25, -0.2) is 4.98 Å². The average molecular weight is 345 g/mol. The lowest BCUT2D eigenvalue weighted by molar-refractivity contribution is 0.0930. The molecule has 3 rings (SSSR count). The first-order valence-corrected chi connectivity index (χ1v) is 9.11. The molecule has 1 saturated carbocycles. The van der Waals surface area contributed by atoms with Crippen LogP contribution in [0, 0.1) is 0 Å². The molecule has 0 aliphatic heterocycles. The second kappa shape index (κ2) is 7.61. The summed E-state index contributed by atoms with van der Waals surface area (Å²) in [5, 5.41) is 8.48. The van der Waals surface area contributed by atoms with Gasteiger partial charge in [-0.1, -0.05) is 6.07 Å². The van der Waals surface area contributed by atoms with Crippen LogP contribution in [0.2, 0.25) is 0 Å². The van der Waals surface area contributed by atoms with E-state index in [1.807, 2.05) is 42.6 Å². The molecule has 0 radical (unpaired) electrons. The lowest BCUT2D eigenvalue weighted by atomic mass is 9.91. The van der Waals surface area contributed by atoms with Crippen LogP contribution in [0.25, 0.3) is 0 Å². The molecule has 0 saturated heterocycles.